The molecule has 1 aromatic rings. The largest absolute Gasteiger partial charge is 0.492 e. The summed E-state index contributed by atoms with van der Waals surface area (Å²) in [7, 11) is -0.856. The average molecular weight is 248 g/mol. The van der Waals surface area contributed by atoms with Crippen molar-refractivity contribution in [2.75, 3.05) is 0 Å². The third-order valence-electron chi connectivity index (χ3n) is 2.59. The van der Waals surface area contributed by atoms with Crippen LogP contribution in [0.4, 0.5) is 0 Å². The Bertz CT molecular complexity index is 465. The maximum absolute atomic E-state index is 9.69. The Morgan fingerprint density at radius 1 is 1.71 bits per heavy atom. The predicted octanol–water partition coefficient (Wildman–Crippen LogP) is 0.565. The van der Waals surface area contributed by atoms with Gasteiger partial charge in [-0.05, 0) is 23.0 Å². The van der Waals surface area contributed by atoms with Gasteiger partial charge in [-0.2, -0.15) is 5.10 Å². The topological polar surface area (TPSA) is 53.9 Å². The molecule has 1 aliphatic heterocycles. The summed E-state index contributed by atoms with van der Waals surface area (Å²) >= 11 is 4.99. The van der Waals surface area contributed by atoms with E-state index >= 15 is 0 Å². The second kappa shape index (κ2) is 5.40. The summed E-state index contributed by atoms with van der Waals surface area (Å²) in [5, 5.41) is 13.7. The van der Waals surface area contributed by atoms with Crippen LogP contribution in [-0.4, -0.2) is 23.3 Å². The molecule has 17 heavy (non-hydrogen) atoms. The average Bonchev–Trinajstić information content (AvgIpc) is 2.72. The summed E-state index contributed by atoms with van der Waals surface area (Å²) in [6.07, 6.45) is 2.41. The lowest BCUT2D eigenvalue weighted by molar-refractivity contribution is 0.275. The number of rotatable bonds is 3. The van der Waals surface area contributed by atoms with Crippen LogP contribution in [0.25, 0.3) is 0 Å². The minimum absolute atomic E-state index is 0.443. The second-order valence-corrected chi connectivity index (χ2v) is 4.22. The van der Waals surface area contributed by atoms with E-state index in [1.165, 1.54) is 0 Å². The van der Waals surface area contributed by atoms with Gasteiger partial charge in [0, 0.05) is 0 Å². The molecule has 4 nitrogen and oxygen atoms in total. The third-order valence-corrected chi connectivity index (χ3v) is 2.97. The zero-order chi connectivity index (χ0) is 12.3. The summed E-state index contributed by atoms with van der Waals surface area (Å²) in [6.45, 7) is 2.40. The number of nitrogens with zero attached hydrogens (tertiary/aromatic N) is 1. The predicted molar refractivity (Wildman–Crippen MR) is 72.5 cm³/mol. The van der Waals surface area contributed by atoms with Crippen molar-refractivity contribution in [3.05, 3.63) is 29.3 Å². The Morgan fingerprint density at radius 2 is 2.53 bits per heavy atom. The standard InChI is InChI=1S/C11H13BN2O2S/c1-2-10(17)14-13-6-8-4-3-5-9-7-16-12(15)11(8)9/h3-6,15H,2,7H2,1H3,(H,14,17)/b13-6+. The van der Waals surface area contributed by atoms with Crippen molar-refractivity contribution < 1.29 is 9.68 Å². The lowest BCUT2D eigenvalue weighted by Gasteiger charge is -2.03. The number of hydrogen-bond acceptors (Lipinski definition) is 4. The van der Waals surface area contributed by atoms with E-state index in [9.17, 15) is 5.02 Å². The first-order valence-electron chi connectivity index (χ1n) is 5.45. The first kappa shape index (κ1) is 12.2. The highest BCUT2D eigenvalue weighted by Crippen LogP contribution is 2.11. The lowest BCUT2D eigenvalue weighted by Crippen LogP contribution is -2.31. The van der Waals surface area contributed by atoms with Crippen LogP contribution in [-0.2, 0) is 11.3 Å². The van der Waals surface area contributed by atoms with E-state index in [1.54, 1.807) is 6.21 Å². The highest BCUT2D eigenvalue weighted by Gasteiger charge is 2.29. The van der Waals surface area contributed by atoms with Crippen LogP contribution >= 0.6 is 12.2 Å². The fourth-order valence-corrected chi connectivity index (χ4v) is 1.73. The SMILES string of the molecule is CCC(=S)N/N=C/c1cccc2c1B(O)OC2. The molecule has 0 spiro atoms. The summed E-state index contributed by atoms with van der Waals surface area (Å²) < 4.78 is 5.16. The monoisotopic (exact) mass is 248 g/mol. The molecule has 0 saturated heterocycles. The molecule has 1 aromatic carbocycles. The summed E-state index contributed by atoms with van der Waals surface area (Å²) in [5.41, 5.74) is 5.40. The molecule has 0 fully saturated rings. The van der Waals surface area contributed by atoms with Crippen molar-refractivity contribution in [1.29, 1.82) is 0 Å². The Labute approximate surface area is 106 Å². The highest BCUT2D eigenvalue weighted by molar-refractivity contribution is 7.80. The van der Waals surface area contributed by atoms with Crippen molar-refractivity contribution >= 4 is 36.0 Å². The number of nitrogens with one attached hydrogen (secondary N) is 1. The van der Waals surface area contributed by atoms with E-state index in [1.807, 2.05) is 25.1 Å². The van der Waals surface area contributed by atoms with Crippen LogP contribution in [0, 0.1) is 0 Å². The molecule has 1 heterocycles. The molecule has 0 radical (unpaired) electrons. The van der Waals surface area contributed by atoms with E-state index in [4.69, 9.17) is 16.9 Å². The van der Waals surface area contributed by atoms with E-state index < -0.39 is 7.12 Å². The molecule has 0 atom stereocenters. The normalized spacial score (nSPS) is 14.1. The Hall–Kier alpha value is -1.24. The van der Waals surface area contributed by atoms with Crippen LogP contribution in [0.3, 0.4) is 0 Å². The van der Waals surface area contributed by atoms with Gasteiger partial charge in [0.15, 0.2) is 0 Å². The quantitative estimate of drug-likeness (QED) is 0.355. The van der Waals surface area contributed by atoms with E-state index in [0.717, 1.165) is 23.0 Å². The molecule has 88 valence electrons. The Balaban J connectivity index is 2.17. The first-order valence-corrected chi connectivity index (χ1v) is 5.86. The van der Waals surface area contributed by atoms with Gasteiger partial charge in [-0.3, -0.25) is 5.43 Å². The van der Waals surface area contributed by atoms with Gasteiger partial charge in [0.05, 0.1) is 17.8 Å². The lowest BCUT2D eigenvalue weighted by atomic mass is 9.76. The number of thiocarbonyl (C=S) groups is 1. The van der Waals surface area contributed by atoms with Gasteiger partial charge < -0.3 is 9.68 Å². The van der Waals surface area contributed by atoms with Crippen molar-refractivity contribution in [2.24, 2.45) is 5.10 Å². The van der Waals surface area contributed by atoms with Crippen LogP contribution < -0.4 is 10.9 Å². The number of hydrogen-bond donors (Lipinski definition) is 2. The molecule has 0 bridgehead atoms. The number of benzene rings is 1. The van der Waals surface area contributed by atoms with Crippen LogP contribution in [0.1, 0.15) is 24.5 Å². The van der Waals surface area contributed by atoms with Gasteiger partial charge >= 0.3 is 7.12 Å². The zero-order valence-corrected chi connectivity index (χ0v) is 10.3. The summed E-state index contributed by atoms with van der Waals surface area (Å²) in [4.78, 5) is 0.686. The minimum atomic E-state index is -0.856. The van der Waals surface area contributed by atoms with Crippen molar-refractivity contribution in [1.82, 2.24) is 5.43 Å². The van der Waals surface area contributed by atoms with E-state index in [-0.39, 0.29) is 0 Å². The van der Waals surface area contributed by atoms with Crippen molar-refractivity contribution in [2.45, 2.75) is 20.0 Å². The maximum atomic E-state index is 9.69. The summed E-state index contributed by atoms with van der Waals surface area (Å²) in [6, 6.07) is 5.74. The third kappa shape index (κ3) is 2.72. The minimum Gasteiger partial charge on any atom is -0.423 e. The molecule has 2 N–H and O–H groups in total. The van der Waals surface area contributed by atoms with E-state index in [2.05, 4.69) is 10.5 Å². The van der Waals surface area contributed by atoms with E-state index in [0.29, 0.717) is 11.6 Å². The maximum Gasteiger partial charge on any atom is 0.492 e. The zero-order valence-electron chi connectivity index (χ0n) is 9.51. The summed E-state index contributed by atoms with van der Waals surface area (Å²) in [5.74, 6) is 0. The van der Waals surface area contributed by atoms with Crippen molar-refractivity contribution in [3.63, 3.8) is 0 Å². The molecule has 6 heteroatoms. The van der Waals surface area contributed by atoms with Gasteiger partial charge in [-0.1, -0.05) is 37.3 Å². The molecule has 0 aliphatic carbocycles. The van der Waals surface area contributed by atoms with Crippen LogP contribution in [0.2, 0.25) is 0 Å². The number of hydrazone groups is 1. The van der Waals surface area contributed by atoms with Crippen molar-refractivity contribution in [3.8, 4) is 0 Å². The molecular weight excluding hydrogens is 235 g/mol. The van der Waals surface area contributed by atoms with Gasteiger partial charge in [-0.15, -0.1) is 0 Å². The fraction of sp³-hybridized carbons (Fsp3) is 0.273. The second-order valence-electron chi connectivity index (χ2n) is 3.73. The first-order chi connectivity index (χ1) is 8.22. The van der Waals surface area contributed by atoms with Gasteiger partial charge in [0.1, 0.15) is 0 Å². The number of fused-ring (bicyclic) bond motifs is 1. The van der Waals surface area contributed by atoms with Crippen LogP contribution in [0.15, 0.2) is 23.3 Å². The highest BCUT2D eigenvalue weighted by atomic mass is 32.1. The molecular formula is C11H13BN2O2S. The van der Waals surface area contributed by atoms with Gasteiger partial charge in [0.25, 0.3) is 0 Å². The van der Waals surface area contributed by atoms with Crippen LogP contribution in [0.5, 0.6) is 0 Å². The molecule has 1 aliphatic rings. The molecule has 0 saturated carbocycles. The molecule has 0 unspecified atom stereocenters. The molecule has 2 rings (SSSR count). The van der Waals surface area contributed by atoms with Gasteiger partial charge in [-0.25, -0.2) is 0 Å². The molecule has 0 aromatic heterocycles. The fourth-order valence-electron chi connectivity index (χ4n) is 1.68. The smallest absolute Gasteiger partial charge is 0.423 e. The Morgan fingerprint density at radius 3 is 3.29 bits per heavy atom. The Kier molecular flexibility index (Phi) is 3.88. The van der Waals surface area contributed by atoms with Gasteiger partial charge in [0.2, 0.25) is 0 Å². The molecule has 0 amide bonds.